The number of hydrogen-bond acceptors (Lipinski definition) is 13. The number of nitrogens with one attached hydrogen (secondary N) is 1. The molecule has 0 aliphatic carbocycles. The van der Waals surface area contributed by atoms with E-state index in [1.54, 1.807) is 50.1 Å². The van der Waals surface area contributed by atoms with Crippen molar-refractivity contribution in [1.29, 1.82) is 0 Å². The number of rotatable bonds is 11. The summed E-state index contributed by atoms with van der Waals surface area (Å²) in [5.41, 5.74) is -1.09. The number of anilines is 1. The number of carbonyl (C=O) groups excluding carboxylic acids is 5. The highest BCUT2D eigenvalue weighted by molar-refractivity contribution is 7.99. The first-order chi connectivity index (χ1) is 29.2. The monoisotopic (exact) mass is 906 g/mol. The van der Waals surface area contributed by atoms with Gasteiger partial charge in [-0.05, 0) is 57.7 Å². The van der Waals surface area contributed by atoms with Crippen molar-refractivity contribution in [3.63, 3.8) is 0 Å². The minimum atomic E-state index is -1.86. The number of likely N-dealkylation sites (N-methyl/N-ethyl adjacent to an activating group) is 1. The third-order valence-corrected chi connectivity index (χ3v) is 13.7. The lowest BCUT2D eigenvalue weighted by Gasteiger charge is -2.42. The number of piperidine rings is 1. The van der Waals surface area contributed by atoms with Crippen LogP contribution in [0.4, 0.5) is 10.5 Å². The van der Waals surface area contributed by atoms with Crippen LogP contribution in [0.3, 0.4) is 0 Å². The van der Waals surface area contributed by atoms with E-state index in [0.29, 0.717) is 49.5 Å². The SMILES string of the molecule is COc1cc2cc(c1Cl)N(C)C(=O)CC(OC(=O)C(C)N(C)C(=O)CCSCC(=O)N1CCC(C(=O)O)CC1)C1(C)OC1C(C)C1CC(O)(NC(=O)O1)C(OC)C=CC=C(C)C2. The number of alkyl carbamates (subject to hydrolysis) is 1. The minimum Gasteiger partial charge on any atom is -0.495 e. The van der Waals surface area contributed by atoms with Crippen molar-refractivity contribution in [2.45, 2.75) is 108 Å². The van der Waals surface area contributed by atoms with Crippen molar-refractivity contribution in [3.8, 4) is 5.75 Å². The van der Waals surface area contributed by atoms with Crippen molar-refractivity contribution in [2.75, 3.05) is 57.8 Å². The van der Waals surface area contributed by atoms with E-state index in [0.717, 1.165) is 11.1 Å². The number of amides is 4. The van der Waals surface area contributed by atoms with Gasteiger partial charge < -0.3 is 48.6 Å². The summed E-state index contributed by atoms with van der Waals surface area (Å²) in [7, 11) is 5.91. The Kier molecular flexibility index (Phi) is 16.0. The van der Waals surface area contributed by atoms with E-state index in [2.05, 4.69) is 5.32 Å². The zero-order valence-electron chi connectivity index (χ0n) is 36.5. The predicted molar refractivity (Wildman–Crippen MR) is 230 cm³/mol. The number of likely N-dealkylation sites (tertiary alicyclic amines) is 1. The summed E-state index contributed by atoms with van der Waals surface area (Å²) in [6.45, 7) is 7.63. The summed E-state index contributed by atoms with van der Waals surface area (Å²) in [5, 5.41) is 23.7. The average Bonchev–Trinajstić information content (AvgIpc) is 3.94. The summed E-state index contributed by atoms with van der Waals surface area (Å²) in [5.74, 6) is -2.86. The van der Waals surface area contributed by atoms with Gasteiger partial charge in [0.25, 0.3) is 0 Å². The van der Waals surface area contributed by atoms with E-state index in [1.807, 2.05) is 13.0 Å². The number of methoxy groups -OCH3 is 2. The minimum absolute atomic E-state index is 0.0277. The van der Waals surface area contributed by atoms with Crippen LogP contribution in [-0.4, -0.2) is 150 Å². The second kappa shape index (κ2) is 20.4. The van der Waals surface area contributed by atoms with Gasteiger partial charge in [0.1, 0.15) is 40.7 Å². The molecule has 4 aliphatic heterocycles. The molecule has 0 spiro atoms. The highest BCUT2D eigenvalue weighted by atomic mass is 35.5. The van der Waals surface area contributed by atoms with Crippen LogP contribution in [0.2, 0.25) is 5.02 Å². The Bertz CT molecular complexity index is 1940. The molecule has 19 heteroatoms. The number of thioether (sulfide) groups is 1. The number of esters is 1. The largest absolute Gasteiger partial charge is 0.495 e. The van der Waals surface area contributed by atoms with Crippen LogP contribution in [0.15, 0.2) is 35.9 Å². The molecule has 1 aromatic rings. The number of fused-ring (bicyclic) bond motifs is 5. The Hall–Kier alpha value is -4.36. The Morgan fingerprint density at radius 1 is 1.16 bits per heavy atom. The van der Waals surface area contributed by atoms with Crippen molar-refractivity contribution in [2.24, 2.45) is 11.8 Å². The van der Waals surface area contributed by atoms with E-state index in [1.165, 1.54) is 49.8 Å². The van der Waals surface area contributed by atoms with Gasteiger partial charge in [0, 0.05) is 58.8 Å². The van der Waals surface area contributed by atoms with Gasteiger partial charge in [-0.25, -0.2) is 9.59 Å². The van der Waals surface area contributed by atoms with E-state index in [4.69, 9.17) is 35.3 Å². The molecule has 4 heterocycles. The maximum absolute atomic E-state index is 14.2. The van der Waals surface area contributed by atoms with Gasteiger partial charge in [-0.1, -0.05) is 42.3 Å². The van der Waals surface area contributed by atoms with Gasteiger partial charge in [-0.15, -0.1) is 0 Å². The zero-order chi connectivity index (χ0) is 45.7. The number of hydrogen-bond donors (Lipinski definition) is 3. The van der Waals surface area contributed by atoms with Gasteiger partial charge >= 0.3 is 18.0 Å². The number of benzene rings is 1. The first-order valence-electron chi connectivity index (χ1n) is 20.7. The quantitative estimate of drug-likeness (QED) is 0.163. The second-order valence-corrected chi connectivity index (χ2v) is 18.2. The molecule has 17 nitrogen and oxygen atoms in total. The molecular weight excluding hydrogens is 848 g/mol. The first kappa shape index (κ1) is 48.7. The lowest BCUT2D eigenvalue weighted by molar-refractivity contribution is -0.162. The Morgan fingerprint density at radius 2 is 1.85 bits per heavy atom. The number of ether oxygens (including phenoxy) is 5. The van der Waals surface area contributed by atoms with Gasteiger partial charge in [0.2, 0.25) is 17.7 Å². The fourth-order valence-electron chi connectivity index (χ4n) is 8.18. The number of carboxylic acid groups (broad SMARTS) is 1. The molecule has 0 radical (unpaired) electrons. The second-order valence-electron chi connectivity index (χ2n) is 16.7. The molecule has 0 aromatic heterocycles. The van der Waals surface area contributed by atoms with Gasteiger partial charge in [-0.3, -0.25) is 24.5 Å². The van der Waals surface area contributed by atoms with Crippen molar-refractivity contribution in [3.05, 3.63) is 46.5 Å². The maximum atomic E-state index is 14.2. The maximum Gasteiger partial charge on any atom is 0.409 e. The number of aliphatic hydroxyl groups is 1. The van der Waals surface area contributed by atoms with Crippen molar-refractivity contribution >= 4 is 64.8 Å². The van der Waals surface area contributed by atoms with Crippen LogP contribution < -0.4 is 15.0 Å². The lowest BCUT2D eigenvalue weighted by atomic mass is 9.83. The van der Waals surface area contributed by atoms with Crippen molar-refractivity contribution < 1.29 is 62.7 Å². The standard InChI is InChI=1S/C43H59ClN4O13S/c1-24-10-9-11-32(58-8)43(56)22-31(59-41(55)45-43)25(2)38-42(4,61-38)33(21-35(50)47(6)29-19-27(18-24)20-30(57-7)37(29)44)60-40(54)26(3)46(5)34(49)14-17-62-23-36(51)48-15-12-28(13-16-48)39(52)53/h9-11,19-20,25-26,28,31-33,38,56H,12-18,21-23H2,1-8H3,(H,45,55)(H,52,53). The average molecular weight is 907 g/mol. The van der Waals surface area contributed by atoms with Crippen molar-refractivity contribution in [1.82, 2.24) is 15.1 Å². The molecule has 342 valence electrons. The molecule has 62 heavy (non-hydrogen) atoms. The lowest BCUT2D eigenvalue weighted by Crippen LogP contribution is -2.63. The number of carboxylic acids is 1. The van der Waals surface area contributed by atoms with Crippen LogP contribution in [0.1, 0.15) is 65.4 Å². The molecule has 1 aromatic carbocycles. The Balaban J connectivity index is 1.34. The molecular formula is C43H59ClN4O13S. The molecule has 8 unspecified atom stereocenters. The third kappa shape index (κ3) is 11.2. The first-order valence-corrected chi connectivity index (χ1v) is 22.2. The molecule has 3 fully saturated rings. The summed E-state index contributed by atoms with van der Waals surface area (Å²) in [4.78, 5) is 82.6. The molecule has 3 saturated heterocycles. The Labute approximate surface area is 371 Å². The van der Waals surface area contributed by atoms with Gasteiger partial charge in [0.05, 0.1) is 37.0 Å². The predicted octanol–water partition coefficient (Wildman–Crippen LogP) is 3.96. The van der Waals surface area contributed by atoms with E-state index in [-0.39, 0.29) is 41.9 Å². The topological polar surface area (TPSA) is 214 Å². The molecule has 4 amide bonds. The smallest absolute Gasteiger partial charge is 0.409 e. The summed E-state index contributed by atoms with van der Waals surface area (Å²) in [6.07, 6.45) is 1.40. The summed E-state index contributed by atoms with van der Waals surface area (Å²) >= 11 is 8.06. The molecule has 3 N–H and O–H groups in total. The van der Waals surface area contributed by atoms with Crippen LogP contribution in [-0.2, 0) is 49.3 Å². The molecule has 8 atom stereocenters. The zero-order valence-corrected chi connectivity index (χ0v) is 38.1. The normalized spacial score (nSPS) is 28.7. The number of aliphatic carboxylic acids is 1. The summed E-state index contributed by atoms with van der Waals surface area (Å²) < 4.78 is 29.3. The summed E-state index contributed by atoms with van der Waals surface area (Å²) in [6, 6.07) is 2.46. The Morgan fingerprint density at radius 3 is 2.50 bits per heavy atom. The van der Waals surface area contributed by atoms with E-state index in [9.17, 15) is 39.0 Å². The van der Waals surface area contributed by atoms with Crippen LogP contribution in [0.5, 0.6) is 5.75 Å². The fourth-order valence-corrected chi connectivity index (χ4v) is 9.31. The van der Waals surface area contributed by atoms with Crippen LogP contribution in [0, 0.1) is 11.8 Å². The van der Waals surface area contributed by atoms with Gasteiger partial charge in [0.15, 0.2) is 5.72 Å². The number of epoxide rings is 1. The van der Waals surface area contributed by atoms with Crippen LogP contribution in [0.25, 0.3) is 0 Å². The number of nitrogens with zero attached hydrogens (tertiary/aromatic N) is 3. The number of carbonyl (C=O) groups is 6. The molecule has 0 saturated carbocycles. The highest BCUT2D eigenvalue weighted by Crippen LogP contribution is 2.49. The third-order valence-electron chi connectivity index (χ3n) is 12.4. The van der Waals surface area contributed by atoms with E-state index >= 15 is 0 Å². The van der Waals surface area contributed by atoms with Crippen LogP contribution >= 0.6 is 23.4 Å². The fraction of sp³-hybridized carbons (Fsp3) is 0.628. The molecule has 4 aliphatic rings. The molecule has 4 bridgehead atoms. The number of allylic oxidation sites excluding steroid dienone is 3. The molecule has 5 rings (SSSR count). The van der Waals surface area contributed by atoms with Gasteiger partial charge in [-0.2, -0.15) is 11.8 Å². The highest BCUT2D eigenvalue weighted by Gasteiger charge is 2.64. The number of halogens is 1. The van der Waals surface area contributed by atoms with E-state index < -0.39 is 77.6 Å².